The first kappa shape index (κ1) is 25.2. The van der Waals surface area contributed by atoms with E-state index in [1.807, 2.05) is 42.5 Å². The number of anilines is 1. The Hall–Kier alpha value is -4.92. The molecule has 0 aliphatic heterocycles. The Labute approximate surface area is 214 Å². The molecule has 0 radical (unpaired) electrons. The van der Waals surface area contributed by atoms with Gasteiger partial charge in [-0.25, -0.2) is 9.48 Å². The van der Waals surface area contributed by atoms with E-state index < -0.39 is 24.4 Å². The second kappa shape index (κ2) is 11.7. The van der Waals surface area contributed by atoms with Crippen LogP contribution in [0.3, 0.4) is 0 Å². The Morgan fingerprint density at radius 1 is 0.946 bits per heavy atom. The summed E-state index contributed by atoms with van der Waals surface area (Å²) in [6.45, 7) is -0.461. The number of para-hydroxylation sites is 2. The van der Waals surface area contributed by atoms with Gasteiger partial charge < -0.3 is 20.1 Å². The van der Waals surface area contributed by atoms with Crippen LogP contribution in [0.2, 0.25) is 0 Å². The molecule has 4 aromatic rings. The maximum absolute atomic E-state index is 13.2. The maximum Gasteiger partial charge on any atom is 0.342 e. The first-order chi connectivity index (χ1) is 18.0. The minimum Gasteiger partial charge on any atom is -0.497 e. The molecule has 0 saturated carbocycles. The van der Waals surface area contributed by atoms with Gasteiger partial charge in [-0.2, -0.15) is 5.10 Å². The number of carbonyl (C=O) groups is 3. The Morgan fingerprint density at radius 3 is 2.32 bits per heavy atom. The molecule has 2 N–H and O–H groups in total. The molecule has 0 atom stereocenters. The van der Waals surface area contributed by atoms with Gasteiger partial charge in [0, 0.05) is 30.4 Å². The molecular formula is C28H26N4O5. The third kappa shape index (κ3) is 6.21. The molecule has 9 nitrogen and oxygen atoms in total. The fourth-order valence-electron chi connectivity index (χ4n) is 3.73. The van der Waals surface area contributed by atoms with Crippen molar-refractivity contribution in [1.82, 2.24) is 9.78 Å². The number of aromatic nitrogens is 2. The van der Waals surface area contributed by atoms with Crippen molar-refractivity contribution in [2.45, 2.75) is 6.42 Å². The molecular weight excluding hydrogens is 472 g/mol. The van der Waals surface area contributed by atoms with Crippen LogP contribution in [0.1, 0.15) is 16.8 Å². The predicted molar refractivity (Wildman–Crippen MR) is 138 cm³/mol. The minimum atomic E-state index is -0.712. The molecule has 9 heteroatoms. The molecule has 1 aromatic heterocycles. The monoisotopic (exact) mass is 498 g/mol. The lowest BCUT2D eigenvalue weighted by Gasteiger charge is -2.22. The van der Waals surface area contributed by atoms with Crippen LogP contribution in [0.25, 0.3) is 16.9 Å². The lowest BCUT2D eigenvalue weighted by molar-refractivity contribution is -0.121. The number of hydrogen-bond donors (Lipinski definition) is 1. The summed E-state index contributed by atoms with van der Waals surface area (Å²) in [5.41, 5.74) is 7.83. The van der Waals surface area contributed by atoms with Crippen LogP contribution in [0.4, 0.5) is 5.69 Å². The Balaban J connectivity index is 1.59. The molecule has 4 rings (SSSR count). The Kier molecular flexibility index (Phi) is 7.95. The number of nitrogens with two attached hydrogens (primary N) is 1. The Bertz CT molecular complexity index is 1390. The van der Waals surface area contributed by atoms with Gasteiger partial charge >= 0.3 is 5.97 Å². The van der Waals surface area contributed by atoms with Gasteiger partial charge in [-0.3, -0.25) is 9.59 Å². The summed E-state index contributed by atoms with van der Waals surface area (Å²) in [5, 5.41) is 4.62. The van der Waals surface area contributed by atoms with Gasteiger partial charge in [-0.05, 0) is 36.4 Å². The average molecular weight is 499 g/mol. The lowest BCUT2D eigenvalue weighted by Crippen LogP contribution is -2.37. The van der Waals surface area contributed by atoms with Gasteiger partial charge in [-0.1, -0.05) is 48.5 Å². The van der Waals surface area contributed by atoms with Crippen LogP contribution in [-0.4, -0.2) is 47.8 Å². The van der Waals surface area contributed by atoms with E-state index in [1.165, 1.54) is 4.90 Å². The first-order valence-electron chi connectivity index (χ1n) is 11.6. The van der Waals surface area contributed by atoms with Gasteiger partial charge in [0.15, 0.2) is 6.61 Å². The molecule has 0 spiro atoms. The second-order valence-corrected chi connectivity index (χ2v) is 8.08. The zero-order valence-electron chi connectivity index (χ0n) is 20.2. The van der Waals surface area contributed by atoms with Crippen molar-refractivity contribution in [1.29, 1.82) is 0 Å². The molecule has 3 aromatic carbocycles. The number of carbonyl (C=O) groups excluding carboxylic acids is 3. The van der Waals surface area contributed by atoms with Crippen molar-refractivity contribution in [2.75, 3.05) is 25.2 Å². The summed E-state index contributed by atoms with van der Waals surface area (Å²) in [5.74, 6) is -1.13. The average Bonchev–Trinajstić information content (AvgIpc) is 3.38. The van der Waals surface area contributed by atoms with Crippen LogP contribution in [0.5, 0.6) is 5.75 Å². The molecule has 0 bridgehead atoms. The summed E-state index contributed by atoms with van der Waals surface area (Å²) >= 11 is 0. The second-order valence-electron chi connectivity index (χ2n) is 8.08. The highest BCUT2D eigenvalue weighted by Gasteiger charge is 2.23. The third-order valence-corrected chi connectivity index (χ3v) is 5.58. The summed E-state index contributed by atoms with van der Waals surface area (Å²) in [7, 11) is 1.55. The molecule has 37 heavy (non-hydrogen) atoms. The number of methoxy groups -OCH3 is 1. The van der Waals surface area contributed by atoms with E-state index in [1.54, 1.807) is 60.5 Å². The fraction of sp³-hybridized carbons (Fsp3) is 0.143. The van der Waals surface area contributed by atoms with Crippen molar-refractivity contribution >= 4 is 23.5 Å². The molecule has 1 heterocycles. The van der Waals surface area contributed by atoms with E-state index in [0.717, 1.165) is 5.69 Å². The van der Waals surface area contributed by atoms with Crippen LogP contribution < -0.4 is 15.4 Å². The van der Waals surface area contributed by atoms with Gasteiger partial charge in [-0.15, -0.1) is 0 Å². The van der Waals surface area contributed by atoms with E-state index in [9.17, 15) is 14.4 Å². The molecule has 0 unspecified atom stereocenters. The Morgan fingerprint density at radius 2 is 1.65 bits per heavy atom. The van der Waals surface area contributed by atoms with Gasteiger partial charge in [0.05, 0.1) is 12.8 Å². The maximum atomic E-state index is 13.2. The van der Waals surface area contributed by atoms with Crippen LogP contribution in [-0.2, 0) is 14.3 Å². The molecule has 0 aliphatic carbocycles. The van der Waals surface area contributed by atoms with Crippen molar-refractivity contribution < 1.29 is 23.9 Å². The zero-order valence-corrected chi connectivity index (χ0v) is 20.2. The van der Waals surface area contributed by atoms with Gasteiger partial charge in [0.2, 0.25) is 5.91 Å². The van der Waals surface area contributed by atoms with E-state index in [0.29, 0.717) is 22.7 Å². The van der Waals surface area contributed by atoms with E-state index >= 15 is 0 Å². The number of benzene rings is 3. The highest BCUT2D eigenvalue weighted by molar-refractivity contribution is 6.00. The van der Waals surface area contributed by atoms with Crippen molar-refractivity contribution in [2.24, 2.45) is 5.73 Å². The van der Waals surface area contributed by atoms with E-state index in [-0.39, 0.29) is 18.5 Å². The highest BCUT2D eigenvalue weighted by Crippen LogP contribution is 2.27. The molecule has 2 amide bonds. The summed E-state index contributed by atoms with van der Waals surface area (Å²) in [6, 6.07) is 25.3. The quantitative estimate of drug-likeness (QED) is 0.334. The van der Waals surface area contributed by atoms with Gasteiger partial charge in [0.1, 0.15) is 17.0 Å². The summed E-state index contributed by atoms with van der Waals surface area (Å²) in [4.78, 5) is 38.9. The zero-order chi connectivity index (χ0) is 26.2. The standard InChI is InChI=1S/C28H26N4O5/c1-36-23-14-8-9-20(17-23)27-24(18-32(30-27)22-12-6-3-7-13-22)28(35)37-19-26(34)31(16-15-25(29)33)21-10-4-2-5-11-21/h2-14,17-18H,15-16,19H2,1H3,(H2,29,33). The fourth-order valence-corrected chi connectivity index (χ4v) is 3.73. The topological polar surface area (TPSA) is 117 Å². The van der Waals surface area contributed by atoms with Crippen molar-refractivity contribution in [3.63, 3.8) is 0 Å². The SMILES string of the molecule is COc1cccc(-c2nn(-c3ccccc3)cc2C(=O)OCC(=O)N(CCC(N)=O)c2ccccc2)c1. The number of amides is 2. The third-order valence-electron chi connectivity index (χ3n) is 5.58. The molecule has 0 saturated heterocycles. The summed E-state index contributed by atoms with van der Waals surface area (Å²) in [6.07, 6.45) is 1.54. The normalized spacial score (nSPS) is 10.5. The number of hydrogen-bond acceptors (Lipinski definition) is 6. The van der Waals surface area contributed by atoms with Crippen LogP contribution >= 0.6 is 0 Å². The molecule has 188 valence electrons. The minimum absolute atomic E-state index is 0.0294. The van der Waals surface area contributed by atoms with Gasteiger partial charge in [0.25, 0.3) is 5.91 Å². The molecule has 0 aliphatic rings. The molecule has 0 fully saturated rings. The van der Waals surface area contributed by atoms with E-state index in [2.05, 4.69) is 5.10 Å². The lowest BCUT2D eigenvalue weighted by atomic mass is 10.1. The van der Waals surface area contributed by atoms with Crippen LogP contribution in [0, 0.1) is 0 Å². The van der Waals surface area contributed by atoms with Crippen LogP contribution in [0.15, 0.2) is 91.1 Å². The number of nitrogens with zero attached hydrogens (tertiary/aromatic N) is 3. The first-order valence-corrected chi connectivity index (χ1v) is 11.6. The largest absolute Gasteiger partial charge is 0.497 e. The number of ether oxygens (including phenoxy) is 2. The van der Waals surface area contributed by atoms with E-state index in [4.69, 9.17) is 15.2 Å². The predicted octanol–water partition coefficient (Wildman–Crippen LogP) is 3.61. The number of esters is 1. The van der Waals surface area contributed by atoms with Crippen molar-refractivity contribution in [3.05, 3.63) is 96.7 Å². The smallest absolute Gasteiger partial charge is 0.342 e. The highest BCUT2D eigenvalue weighted by atomic mass is 16.5. The number of rotatable bonds is 10. The number of primary amides is 1. The summed E-state index contributed by atoms with van der Waals surface area (Å²) < 4.78 is 12.3. The van der Waals surface area contributed by atoms with Crippen molar-refractivity contribution in [3.8, 4) is 22.7 Å².